The summed E-state index contributed by atoms with van der Waals surface area (Å²) < 4.78 is 0. The third-order valence-corrected chi connectivity index (χ3v) is 4.10. The quantitative estimate of drug-likeness (QED) is 0.637. The van der Waals surface area contributed by atoms with Crippen LogP contribution in [-0.2, 0) is 14.4 Å². The van der Waals surface area contributed by atoms with Crippen LogP contribution in [0.1, 0.15) is 24.5 Å². The van der Waals surface area contributed by atoms with Crippen molar-refractivity contribution in [2.24, 2.45) is 0 Å². The molecule has 4 amide bonds. The van der Waals surface area contributed by atoms with Crippen LogP contribution in [0.2, 0.25) is 0 Å². The molecule has 1 heterocycles. The lowest BCUT2D eigenvalue weighted by Gasteiger charge is -2.12. The molecule has 126 valence electrons. The molecule has 0 bridgehead atoms. The second-order valence-electron chi connectivity index (χ2n) is 5.22. The Kier molecular flexibility index (Phi) is 5.75. The van der Waals surface area contributed by atoms with Crippen molar-refractivity contribution in [3.8, 4) is 0 Å². The molecular formula is C16H17N3O4S. The van der Waals surface area contributed by atoms with Gasteiger partial charge in [0.15, 0.2) is 0 Å². The van der Waals surface area contributed by atoms with Gasteiger partial charge in [0.2, 0.25) is 11.8 Å². The Morgan fingerprint density at radius 2 is 1.83 bits per heavy atom. The van der Waals surface area contributed by atoms with Gasteiger partial charge in [-0.1, -0.05) is 29.8 Å². The zero-order chi connectivity index (χ0) is 17.7. The van der Waals surface area contributed by atoms with E-state index in [1.807, 2.05) is 31.2 Å². The van der Waals surface area contributed by atoms with Gasteiger partial charge in [-0.25, -0.2) is 0 Å². The number of nitrogens with zero attached hydrogens (tertiary/aromatic N) is 1. The summed E-state index contributed by atoms with van der Waals surface area (Å²) in [4.78, 5) is 47.8. The number of hydrogen-bond donors (Lipinski definition) is 2. The van der Waals surface area contributed by atoms with E-state index in [0.717, 1.165) is 27.8 Å². The van der Waals surface area contributed by atoms with Crippen LogP contribution < -0.4 is 10.9 Å². The van der Waals surface area contributed by atoms with Crippen LogP contribution in [-0.4, -0.2) is 34.4 Å². The van der Waals surface area contributed by atoms with E-state index < -0.39 is 23.0 Å². The van der Waals surface area contributed by atoms with E-state index >= 15 is 0 Å². The molecule has 1 saturated heterocycles. The van der Waals surface area contributed by atoms with Crippen molar-refractivity contribution < 1.29 is 19.2 Å². The fourth-order valence-electron chi connectivity index (χ4n) is 1.94. The van der Waals surface area contributed by atoms with E-state index in [2.05, 4.69) is 10.9 Å². The third-order valence-electron chi connectivity index (χ3n) is 3.19. The zero-order valence-electron chi connectivity index (χ0n) is 13.3. The van der Waals surface area contributed by atoms with Crippen LogP contribution in [0.3, 0.4) is 0 Å². The minimum Gasteiger partial charge on any atom is -0.274 e. The molecule has 1 aliphatic rings. The molecule has 0 unspecified atom stereocenters. The van der Waals surface area contributed by atoms with Gasteiger partial charge in [0.05, 0.1) is 4.91 Å². The number of benzene rings is 1. The van der Waals surface area contributed by atoms with E-state index in [1.165, 1.54) is 6.92 Å². The summed E-state index contributed by atoms with van der Waals surface area (Å²) in [6.45, 7) is 3.18. The van der Waals surface area contributed by atoms with Crippen LogP contribution >= 0.6 is 11.8 Å². The average molecular weight is 347 g/mol. The van der Waals surface area contributed by atoms with Crippen LogP contribution in [0.4, 0.5) is 4.79 Å². The van der Waals surface area contributed by atoms with Crippen LogP contribution in [0.5, 0.6) is 0 Å². The van der Waals surface area contributed by atoms with Gasteiger partial charge in [0.25, 0.3) is 11.1 Å². The molecule has 0 radical (unpaired) electrons. The molecule has 8 heteroatoms. The Morgan fingerprint density at radius 3 is 2.46 bits per heavy atom. The standard InChI is InChI=1S/C16H17N3O4S/c1-10-3-5-12(6-4-10)9-13-15(22)19(16(23)24-13)8-7-14(21)18-17-11(2)20/h3-6,9H,7-8H2,1-2H3,(H,17,20)(H,18,21). The normalized spacial score (nSPS) is 15.8. The lowest BCUT2D eigenvalue weighted by molar-refractivity contribution is -0.128. The summed E-state index contributed by atoms with van der Waals surface area (Å²) >= 11 is 0.848. The van der Waals surface area contributed by atoms with Crippen LogP contribution in [0, 0.1) is 6.92 Å². The highest BCUT2D eigenvalue weighted by molar-refractivity contribution is 8.18. The number of carbonyl (C=O) groups excluding carboxylic acids is 4. The minimum absolute atomic E-state index is 0.0404. The van der Waals surface area contributed by atoms with Crippen LogP contribution in [0.15, 0.2) is 29.2 Å². The molecule has 7 nitrogen and oxygen atoms in total. The maximum absolute atomic E-state index is 12.3. The SMILES string of the molecule is CC(=O)NNC(=O)CCN1C(=O)SC(=Cc2ccc(C)cc2)C1=O. The second kappa shape index (κ2) is 7.78. The van der Waals surface area contributed by atoms with Crippen molar-refractivity contribution in [1.82, 2.24) is 15.8 Å². The fraction of sp³-hybridized carbons (Fsp3) is 0.250. The topological polar surface area (TPSA) is 95.6 Å². The number of hydrazine groups is 1. The zero-order valence-corrected chi connectivity index (χ0v) is 14.1. The Balaban J connectivity index is 1.97. The Hall–Kier alpha value is -2.61. The Labute approximate surface area is 143 Å². The highest BCUT2D eigenvalue weighted by atomic mass is 32.2. The molecule has 0 saturated carbocycles. The van der Waals surface area contributed by atoms with Gasteiger partial charge in [-0.15, -0.1) is 0 Å². The summed E-state index contributed by atoms with van der Waals surface area (Å²) in [7, 11) is 0. The molecule has 24 heavy (non-hydrogen) atoms. The monoisotopic (exact) mass is 347 g/mol. The Morgan fingerprint density at radius 1 is 1.17 bits per heavy atom. The first kappa shape index (κ1) is 17.7. The van der Waals surface area contributed by atoms with Crippen molar-refractivity contribution >= 4 is 40.8 Å². The molecule has 2 rings (SSSR count). The summed E-state index contributed by atoms with van der Waals surface area (Å²) in [6.07, 6.45) is 1.57. The number of thioether (sulfide) groups is 1. The molecule has 0 spiro atoms. The van der Waals surface area contributed by atoms with Gasteiger partial charge in [0, 0.05) is 19.9 Å². The number of carbonyl (C=O) groups is 4. The molecule has 0 atom stereocenters. The third kappa shape index (κ3) is 4.69. The van der Waals surface area contributed by atoms with E-state index in [9.17, 15) is 19.2 Å². The van der Waals surface area contributed by atoms with E-state index in [0.29, 0.717) is 4.91 Å². The molecular weight excluding hydrogens is 330 g/mol. The molecule has 1 aliphatic heterocycles. The van der Waals surface area contributed by atoms with Gasteiger partial charge in [0.1, 0.15) is 0 Å². The van der Waals surface area contributed by atoms with E-state index in [1.54, 1.807) is 6.08 Å². The maximum atomic E-state index is 12.3. The van der Waals surface area contributed by atoms with Crippen molar-refractivity contribution in [2.75, 3.05) is 6.54 Å². The van der Waals surface area contributed by atoms with Crippen molar-refractivity contribution in [1.29, 1.82) is 0 Å². The molecule has 1 fully saturated rings. The van der Waals surface area contributed by atoms with Gasteiger partial charge in [-0.3, -0.25) is 34.9 Å². The number of aryl methyl sites for hydroxylation is 1. The molecule has 0 aromatic heterocycles. The van der Waals surface area contributed by atoms with Gasteiger partial charge < -0.3 is 0 Å². The lowest BCUT2D eigenvalue weighted by Crippen LogP contribution is -2.42. The highest BCUT2D eigenvalue weighted by Crippen LogP contribution is 2.32. The van der Waals surface area contributed by atoms with Gasteiger partial charge in [-0.05, 0) is 30.3 Å². The van der Waals surface area contributed by atoms with Gasteiger partial charge in [-0.2, -0.15) is 0 Å². The summed E-state index contributed by atoms with van der Waals surface area (Å²) in [5.74, 6) is -1.31. The number of amides is 4. The highest BCUT2D eigenvalue weighted by Gasteiger charge is 2.34. The largest absolute Gasteiger partial charge is 0.293 e. The Bertz CT molecular complexity index is 713. The summed E-state index contributed by atoms with van der Waals surface area (Å²) in [5, 5.41) is -0.411. The maximum Gasteiger partial charge on any atom is 0.293 e. The lowest BCUT2D eigenvalue weighted by atomic mass is 10.1. The molecule has 2 N–H and O–H groups in total. The predicted molar refractivity (Wildman–Crippen MR) is 90.4 cm³/mol. The van der Waals surface area contributed by atoms with Crippen molar-refractivity contribution in [3.63, 3.8) is 0 Å². The summed E-state index contributed by atoms with van der Waals surface area (Å²) in [5.41, 5.74) is 6.26. The first-order valence-corrected chi connectivity index (χ1v) is 8.06. The first-order valence-electron chi connectivity index (χ1n) is 7.24. The average Bonchev–Trinajstić information content (AvgIpc) is 2.79. The van der Waals surface area contributed by atoms with E-state index in [4.69, 9.17) is 0 Å². The van der Waals surface area contributed by atoms with E-state index in [-0.39, 0.29) is 13.0 Å². The molecule has 0 aliphatic carbocycles. The van der Waals surface area contributed by atoms with Crippen molar-refractivity contribution in [2.45, 2.75) is 20.3 Å². The van der Waals surface area contributed by atoms with Crippen molar-refractivity contribution in [3.05, 3.63) is 40.3 Å². The minimum atomic E-state index is -0.480. The number of imide groups is 1. The molecule has 1 aromatic rings. The predicted octanol–water partition coefficient (Wildman–Crippen LogP) is 1.59. The summed E-state index contributed by atoms with van der Waals surface area (Å²) in [6, 6.07) is 7.57. The van der Waals surface area contributed by atoms with Gasteiger partial charge >= 0.3 is 0 Å². The van der Waals surface area contributed by atoms with Crippen LogP contribution in [0.25, 0.3) is 6.08 Å². The number of hydrogen-bond acceptors (Lipinski definition) is 5. The number of rotatable bonds is 4. The molecule has 1 aromatic carbocycles. The second-order valence-corrected chi connectivity index (χ2v) is 6.22. The number of nitrogens with one attached hydrogen (secondary N) is 2. The smallest absolute Gasteiger partial charge is 0.274 e. The fourth-order valence-corrected chi connectivity index (χ4v) is 2.81. The first-order chi connectivity index (χ1) is 11.4.